The first-order chi connectivity index (χ1) is 13.1. The minimum atomic E-state index is -0.761. The van der Waals surface area contributed by atoms with Gasteiger partial charge in [0, 0.05) is 61.5 Å². The summed E-state index contributed by atoms with van der Waals surface area (Å²) < 4.78 is 16.2. The maximum atomic E-state index is 13.9. The lowest BCUT2D eigenvalue weighted by Crippen LogP contribution is -2.32. The highest BCUT2D eigenvalue weighted by molar-refractivity contribution is 5.86. The monoisotopic (exact) mass is 367 g/mol. The molecule has 1 aliphatic heterocycles. The predicted molar refractivity (Wildman–Crippen MR) is 101 cm³/mol. The molecular weight excluding hydrogens is 345 g/mol. The van der Waals surface area contributed by atoms with Gasteiger partial charge in [-0.05, 0) is 48.4 Å². The van der Waals surface area contributed by atoms with Crippen LogP contribution in [0.25, 0.3) is 10.9 Å². The van der Waals surface area contributed by atoms with Crippen LogP contribution in [0.1, 0.15) is 29.7 Å². The molecule has 0 saturated heterocycles. The lowest BCUT2D eigenvalue weighted by Gasteiger charge is -2.28. The van der Waals surface area contributed by atoms with Gasteiger partial charge in [0.25, 0.3) is 0 Å². The normalized spacial score (nSPS) is 14.4. The quantitative estimate of drug-likeness (QED) is 0.725. The Morgan fingerprint density at radius 1 is 1.30 bits per heavy atom. The number of rotatable bonds is 6. The molecular formula is C21H22FN3O2. The van der Waals surface area contributed by atoms with Gasteiger partial charge in [0.2, 0.25) is 0 Å². The van der Waals surface area contributed by atoms with E-state index in [9.17, 15) is 9.18 Å². The first-order valence-corrected chi connectivity index (χ1v) is 9.24. The zero-order chi connectivity index (χ0) is 18.8. The van der Waals surface area contributed by atoms with Gasteiger partial charge in [-0.3, -0.25) is 14.7 Å². The van der Waals surface area contributed by atoms with Gasteiger partial charge in [-0.15, -0.1) is 0 Å². The van der Waals surface area contributed by atoms with Crippen LogP contribution in [0, 0.1) is 5.82 Å². The summed E-state index contributed by atoms with van der Waals surface area (Å²) in [7, 11) is 0. The molecule has 0 unspecified atom stereocenters. The van der Waals surface area contributed by atoms with Crippen LogP contribution in [0.3, 0.4) is 0 Å². The molecule has 0 amide bonds. The summed E-state index contributed by atoms with van der Waals surface area (Å²) in [6, 6.07) is 8.97. The number of halogens is 1. The SMILES string of the molecule is O=C(O)CCCN1CCc2c(c3cc(F)ccc3n2Cc2cccnc2)C1. The Morgan fingerprint density at radius 2 is 2.19 bits per heavy atom. The van der Waals surface area contributed by atoms with Gasteiger partial charge in [-0.2, -0.15) is 0 Å². The fraction of sp³-hybridized carbons (Fsp3) is 0.333. The summed E-state index contributed by atoms with van der Waals surface area (Å²) >= 11 is 0. The Balaban J connectivity index is 1.67. The third kappa shape index (κ3) is 3.71. The van der Waals surface area contributed by atoms with E-state index in [1.54, 1.807) is 12.3 Å². The molecule has 140 valence electrons. The third-order valence-electron chi connectivity index (χ3n) is 5.22. The summed E-state index contributed by atoms with van der Waals surface area (Å²) in [5.74, 6) is -0.991. The van der Waals surface area contributed by atoms with E-state index in [0.29, 0.717) is 13.0 Å². The van der Waals surface area contributed by atoms with Gasteiger partial charge in [0.1, 0.15) is 5.82 Å². The highest BCUT2D eigenvalue weighted by atomic mass is 19.1. The number of carboxylic acid groups (broad SMARTS) is 1. The number of nitrogens with zero attached hydrogens (tertiary/aromatic N) is 3. The fourth-order valence-corrected chi connectivity index (χ4v) is 3.98. The van der Waals surface area contributed by atoms with E-state index >= 15 is 0 Å². The summed E-state index contributed by atoms with van der Waals surface area (Å²) in [6.45, 7) is 3.08. The second-order valence-electron chi connectivity index (χ2n) is 7.06. The number of hydrogen-bond donors (Lipinski definition) is 1. The van der Waals surface area contributed by atoms with Crippen molar-refractivity contribution in [3.8, 4) is 0 Å². The van der Waals surface area contributed by atoms with Crippen LogP contribution in [-0.4, -0.2) is 38.6 Å². The highest BCUT2D eigenvalue weighted by Crippen LogP contribution is 2.32. The van der Waals surface area contributed by atoms with Gasteiger partial charge < -0.3 is 9.67 Å². The molecule has 0 atom stereocenters. The van der Waals surface area contributed by atoms with E-state index < -0.39 is 5.97 Å². The van der Waals surface area contributed by atoms with Gasteiger partial charge >= 0.3 is 5.97 Å². The molecule has 1 N–H and O–H groups in total. The molecule has 3 aromatic rings. The molecule has 0 spiro atoms. The summed E-state index contributed by atoms with van der Waals surface area (Å²) in [4.78, 5) is 17.2. The number of pyridine rings is 1. The number of carbonyl (C=O) groups is 1. The smallest absolute Gasteiger partial charge is 0.303 e. The summed E-state index contributed by atoms with van der Waals surface area (Å²) in [5, 5.41) is 9.80. The van der Waals surface area contributed by atoms with Crippen LogP contribution in [0.15, 0.2) is 42.7 Å². The fourth-order valence-electron chi connectivity index (χ4n) is 3.98. The standard InChI is InChI=1S/C21H22FN3O2/c22-16-5-6-19-17(11-16)18-14-24(9-2-4-21(26)27)10-7-20(18)25(19)13-15-3-1-8-23-12-15/h1,3,5-6,8,11-12H,2,4,7,9-10,13-14H2,(H,26,27). The van der Waals surface area contributed by atoms with Crippen molar-refractivity contribution >= 4 is 16.9 Å². The van der Waals surface area contributed by atoms with Crippen LogP contribution in [-0.2, 0) is 24.3 Å². The van der Waals surface area contributed by atoms with Crippen molar-refractivity contribution in [3.63, 3.8) is 0 Å². The number of aromatic nitrogens is 2. The molecule has 0 bridgehead atoms. The molecule has 6 heteroatoms. The van der Waals surface area contributed by atoms with Crippen molar-refractivity contribution in [2.24, 2.45) is 0 Å². The molecule has 0 saturated carbocycles. The van der Waals surface area contributed by atoms with Crippen molar-refractivity contribution in [2.75, 3.05) is 13.1 Å². The lowest BCUT2D eigenvalue weighted by molar-refractivity contribution is -0.137. The van der Waals surface area contributed by atoms with Gasteiger partial charge in [-0.25, -0.2) is 4.39 Å². The molecule has 0 radical (unpaired) electrons. The molecule has 3 heterocycles. The zero-order valence-corrected chi connectivity index (χ0v) is 15.1. The van der Waals surface area contributed by atoms with E-state index in [0.717, 1.165) is 48.1 Å². The van der Waals surface area contributed by atoms with Gasteiger partial charge in [-0.1, -0.05) is 6.07 Å². The summed E-state index contributed by atoms with van der Waals surface area (Å²) in [5.41, 5.74) is 4.56. The van der Waals surface area contributed by atoms with E-state index in [-0.39, 0.29) is 12.2 Å². The number of carboxylic acids is 1. The Kier molecular flexibility index (Phi) is 4.90. The van der Waals surface area contributed by atoms with E-state index in [1.807, 2.05) is 18.3 Å². The lowest BCUT2D eigenvalue weighted by atomic mass is 10.0. The second kappa shape index (κ2) is 7.48. The van der Waals surface area contributed by atoms with E-state index in [4.69, 9.17) is 5.11 Å². The van der Waals surface area contributed by atoms with Crippen LogP contribution in [0.4, 0.5) is 4.39 Å². The van der Waals surface area contributed by atoms with E-state index in [2.05, 4.69) is 20.5 Å². The molecule has 4 rings (SSSR count). The maximum absolute atomic E-state index is 13.9. The van der Waals surface area contributed by atoms with Crippen molar-refractivity contribution in [3.05, 3.63) is 65.4 Å². The minimum Gasteiger partial charge on any atom is -0.481 e. The van der Waals surface area contributed by atoms with Crippen LogP contribution in [0.5, 0.6) is 0 Å². The van der Waals surface area contributed by atoms with E-state index in [1.165, 1.54) is 11.8 Å². The first-order valence-electron chi connectivity index (χ1n) is 9.24. The number of benzene rings is 1. The highest BCUT2D eigenvalue weighted by Gasteiger charge is 2.24. The topological polar surface area (TPSA) is 58.4 Å². The Labute approximate surface area is 157 Å². The van der Waals surface area contributed by atoms with Crippen LogP contribution >= 0.6 is 0 Å². The Morgan fingerprint density at radius 3 is 2.96 bits per heavy atom. The van der Waals surface area contributed by atoms with Gasteiger partial charge in [0.15, 0.2) is 0 Å². The van der Waals surface area contributed by atoms with Crippen molar-refractivity contribution in [1.82, 2.24) is 14.5 Å². The van der Waals surface area contributed by atoms with Crippen molar-refractivity contribution in [1.29, 1.82) is 0 Å². The Bertz CT molecular complexity index is 968. The molecule has 1 aliphatic rings. The first kappa shape index (κ1) is 17.7. The predicted octanol–water partition coefficient (Wildman–Crippen LogP) is 3.45. The second-order valence-corrected chi connectivity index (χ2v) is 7.06. The number of aliphatic carboxylic acids is 1. The number of fused-ring (bicyclic) bond motifs is 3. The van der Waals surface area contributed by atoms with Crippen LogP contribution < -0.4 is 0 Å². The van der Waals surface area contributed by atoms with Gasteiger partial charge in [0.05, 0.1) is 0 Å². The van der Waals surface area contributed by atoms with Crippen molar-refractivity contribution < 1.29 is 14.3 Å². The third-order valence-corrected chi connectivity index (χ3v) is 5.22. The molecule has 1 aromatic carbocycles. The molecule has 2 aromatic heterocycles. The van der Waals surface area contributed by atoms with Crippen molar-refractivity contribution in [2.45, 2.75) is 32.4 Å². The molecule has 27 heavy (non-hydrogen) atoms. The average Bonchev–Trinajstić information content (AvgIpc) is 2.95. The molecule has 0 aliphatic carbocycles. The van der Waals surface area contributed by atoms with Crippen LogP contribution in [0.2, 0.25) is 0 Å². The number of hydrogen-bond acceptors (Lipinski definition) is 3. The minimum absolute atomic E-state index is 0.181. The molecule has 5 nitrogen and oxygen atoms in total. The largest absolute Gasteiger partial charge is 0.481 e. The maximum Gasteiger partial charge on any atom is 0.303 e. The summed E-state index contributed by atoms with van der Waals surface area (Å²) in [6.07, 6.45) is 5.31. The zero-order valence-electron chi connectivity index (χ0n) is 15.1. The average molecular weight is 367 g/mol. The molecule has 0 fully saturated rings. The Hall–Kier alpha value is -2.73.